The van der Waals surface area contributed by atoms with Crippen molar-refractivity contribution in [2.45, 2.75) is 6.54 Å². The zero-order chi connectivity index (χ0) is 16.5. The summed E-state index contributed by atoms with van der Waals surface area (Å²) in [5, 5.41) is 3.93. The van der Waals surface area contributed by atoms with E-state index in [9.17, 15) is 0 Å². The second-order valence-corrected chi connectivity index (χ2v) is 7.28. The van der Waals surface area contributed by atoms with Crippen molar-refractivity contribution in [1.29, 1.82) is 0 Å². The maximum absolute atomic E-state index is 15.3. The smallest absolute Gasteiger partial charge is 0.137 e. The van der Waals surface area contributed by atoms with E-state index < -0.39 is 0 Å². The van der Waals surface area contributed by atoms with Gasteiger partial charge in [-0.05, 0) is 23.8 Å². The van der Waals surface area contributed by atoms with Crippen molar-refractivity contribution in [2.24, 2.45) is 0 Å². The third kappa shape index (κ3) is 3.05. The van der Waals surface area contributed by atoms with Gasteiger partial charge in [0, 0.05) is 48.9 Å². The summed E-state index contributed by atoms with van der Waals surface area (Å²) in [7, 11) is 0. The van der Waals surface area contributed by atoms with Gasteiger partial charge in [-0.25, -0.2) is 9.37 Å². The largest absolute Gasteiger partial charge is 0.314 e. The Morgan fingerprint density at radius 2 is 2.08 bits per heavy atom. The van der Waals surface area contributed by atoms with E-state index in [4.69, 9.17) is 11.6 Å². The molecule has 24 heavy (non-hydrogen) atoms. The molecule has 0 unspecified atom stereocenters. The van der Waals surface area contributed by atoms with Crippen LogP contribution in [-0.4, -0.2) is 36.1 Å². The number of thiazole rings is 1. The normalized spacial score (nSPS) is 15.9. The van der Waals surface area contributed by atoms with E-state index in [1.54, 1.807) is 29.0 Å². The fourth-order valence-corrected chi connectivity index (χ4v) is 4.10. The van der Waals surface area contributed by atoms with E-state index in [2.05, 4.69) is 15.2 Å². The highest BCUT2D eigenvalue weighted by atomic mass is 35.5. The minimum atomic E-state index is -0.186. The Morgan fingerprint density at radius 3 is 2.88 bits per heavy atom. The zero-order valence-electron chi connectivity index (χ0n) is 13.1. The van der Waals surface area contributed by atoms with Crippen LogP contribution in [0.5, 0.6) is 0 Å². The molecule has 6 heteroatoms. The predicted molar refractivity (Wildman–Crippen MR) is 98.2 cm³/mol. The Hall–Kier alpha value is -1.53. The van der Waals surface area contributed by atoms with Crippen molar-refractivity contribution in [3.63, 3.8) is 0 Å². The van der Waals surface area contributed by atoms with E-state index in [1.165, 1.54) is 0 Å². The average molecular weight is 362 g/mol. The molecule has 0 amide bonds. The van der Waals surface area contributed by atoms with Gasteiger partial charge in [-0.3, -0.25) is 4.90 Å². The quantitative estimate of drug-likeness (QED) is 0.759. The summed E-state index contributed by atoms with van der Waals surface area (Å²) in [5.41, 5.74) is 4.54. The molecule has 1 saturated heterocycles. The van der Waals surface area contributed by atoms with E-state index in [1.807, 2.05) is 18.2 Å². The molecule has 1 aliphatic rings. The van der Waals surface area contributed by atoms with Crippen LogP contribution >= 0.6 is 22.9 Å². The SMILES string of the molecule is Fc1c(CN2CCNCC2)cc2scnc2c1-c1cccc(Cl)c1. The standard InChI is InChI=1S/C18H17ClFN3S/c19-14-3-1-2-12(8-14)16-17(20)13(9-15-18(16)22-11-24-15)10-23-6-4-21-5-7-23/h1-3,8-9,11,21H,4-7,10H2. The molecule has 1 aliphatic heterocycles. The number of benzene rings is 2. The van der Waals surface area contributed by atoms with E-state index in [0.29, 0.717) is 22.6 Å². The van der Waals surface area contributed by atoms with Crippen LogP contribution in [0.1, 0.15) is 5.56 Å². The summed E-state index contributed by atoms with van der Waals surface area (Å²) >= 11 is 7.66. The van der Waals surface area contributed by atoms with Gasteiger partial charge in [-0.2, -0.15) is 0 Å². The minimum absolute atomic E-state index is 0.186. The zero-order valence-corrected chi connectivity index (χ0v) is 14.6. The van der Waals surface area contributed by atoms with Gasteiger partial charge in [0.15, 0.2) is 0 Å². The fraction of sp³-hybridized carbons (Fsp3) is 0.278. The van der Waals surface area contributed by atoms with Gasteiger partial charge in [0.1, 0.15) is 5.82 Å². The molecule has 0 bridgehead atoms. The lowest BCUT2D eigenvalue weighted by molar-refractivity contribution is 0.230. The lowest BCUT2D eigenvalue weighted by Crippen LogP contribution is -2.43. The Morgan fingerprint density at radius 1 is 1.25 bits per heavy atom. The molecule has 1 fully saturated rings. The highest BCUT2D eigenvalue weighted by Gasteiger charge is 2.20. The van der Waals surface area contributed by atoms with Crippen LogP contribution in [0.2, 0.25) is 5.02 Å². The molecule has 1 N–H and O–H groups in total. The molecular weight excluding hydrogens is 345 g/mol. The lowest BCUT2D eigenvalue weighted by Gasteiger charge is -2.27. The molecule has 0 saturated carbocycles. The second-order valence-electron chi connectivity index (χ2n) is 5.96. The molecule has 3 nitrogen and oxygen atoms in total. The Bertz CT molecular complexity index is 874. The first-order valence-corrected chi connectivity index (χ1v) is 9.22. The number of nitrogens with zero attached hydrogens (tertiary/aromatic N) is 2. The van der Waals surface area contributed by atoms with Crippen LogP contribution in [0.15, 0.2) is 35.8 Å². The number of nitrogens with one attached hydrogen (secondary N) is 1. The van der Waals surface area contributed by atoms with Crippen molar-refractivity contribution in [3.8, 4) is 11.1 Å². The fourth-order valence-electron chi connectivity index (χ4n) is 3.16. The van der Waals surface area contributed by atoms with Gasteiger partial charge in [0.25, 0.3) is 0 Å². The first-order chi connectivity index (χ1) is 11.7. The van der Waals surface area contributed by atoms with Crippen molar-refractivity contribution in [2.75, 3.05) is 26.2 Å². The van der Waals surface area contributed by atoms with Crippen LogP contribution in [0.25, 0.3) is 21.3 Å². The lowest BCUT2D eigenvalue weighted by atomic mass is 10.00. The number of rotatable bonds is 3. The molecule has 1 aromatic heterocycles. The Labute approximate surface area is 149 Å². The van der Waals surface area contributed by atoms with Crippen molar-refractivity contribution in [1.82, 2.24) is 15.2 Å². The van der Waals surface area contributed by atoms with Crippen LogP contribution in [0.4, 0.5) is 4.39 Å². The van der Waals surface area contributed by atoms with Gasteiger partial charge >= 0.3 is 0 Å². The molecule has 2 aromatic carbocycles. The summed E-state index contributed by atoms with van der Waals surface area (Å²) in [5.74, 6) is -0.186. The third-order valence-electron chi connectivity index (χ3n) is 4.36. The van der Waals surface area contributed by atoms with Gasteiger partial charge in [-0.1, -0.05) is 23.7 Å². The van der Waals surface area contributed by atoms with Crippen molar-refractivity contribution in [3.05, 3.63) is 52.2 Å². The van der Waals surface area contributed by atoms with Crippen molar-refractivity contribution < 1.29 is 4.39 Å². The number of aromatic nitrogens is 1. The maximum atomic E-state index is 15.3. The highest BCUT2D eigenvalue weighted by Crippen LogP contribution is 2.36. The first-order valence-electron chi connectivity index (χ1n) is 7.96. The van der Waals surface area contributed by atoms with Crippen LogP contribution in [0, 0.1) is 5.82 Å². The first kappa shape index (κ1) is 16.0. The summed E-state index contributed by atoms with van der Waals surface area (Å²) in [6.07, 6.45) is 0. The molecule has 2 heterocycles. The summed E-state index contributed by atoms with van der Waals surface area (Å²) in [4.78, 5) is 6.67. The summed E-state index contributed by atoms with van der Waals surface area (Å²) in [6.45, 7) is 4.39. The number of hydrogen-bond acceptors (Lipinski definition) is 4. The molecule has 0 radical (unpaired) electrons. The summed E-state index contributed by atoms with van der Waals surface area (Å²) < 4.78 is 16.3. The molecule has 0 spiro atoms. The monoisotopic (exact) mass is 361 g/mol. The van der Waals surface area contributed by atoms with Gasteiger partial charge in [0.2, 0.25) is 0 Å². The molecule has 0 aliphatic carbocycles. The Kier molecular flexibility index (Phi) is 4.50. The summed E-state index contributed by atoms with van der Waals surface area (Å²) in [6, 6.07) is 9.27. The molecular formula is C18H17ClFN3S. The van der Waals surface area contributed by atoms with Crippen LogP contribution in [-0.2, 0) is 6.54 Å². The number of hydrogen-bond donors (Lipinski definition) is 1. The maximum Gasteiger partial charge on any atom is 0.137 e. The molecule has 4 rings (SSSR count). The van der Waals surface area contributed by atoms with E-state index in [-0.39, 0.29) is 5.82 Å². The van der Waals surface area contributed by atoms with Crippen LogP contribution in [0.3, 0.4) is 0 Å². The Balaban J connectivity index is 1.82. The van der Waals surface area contributed by atoms with Gasteiger partial charge in [-0.15, -0.1) is 11.3 Å². The third-order valence-corrected chi connectivity index (χ3v) is 5.37. The second kappa shape index (κ2) is 6.76. The number of fused-ring (bicyclic) bond motifs is 1. The van der Waals surface area contributed by atoms with Crippen LogP contribution < -0.4 is 5.32 Å². The van der Waals surface area contributed by atoms with E-state index in [0.717, 1.165) is 42.0 Å². The minimum Gasteiger partial charge on any atom is -0.314 e. The van der Waals surface area contributed by atoms with Gasteiger partial charge in [0.05, 0.1) is 15.7 Å². The molecule has 0 atom stereocenters. The molecule has 124 valence electrons. The highest BCUT2D eigenvalue weighted by molar-refractivity contribution is 7.16. The van der Waals surface area contributed by atoms with E-state index >= 15 is 4.39 Å². The van der Waals surface area contributed by atoms with Gasteiger partial charge < -0.3 is 5.32 Å². The predicted octanol–water partition coefficient (Wildman–Crippen LogP) is 4.16. The topological polar surface area (TPSA) is 28.2 Å². The molecule has 3 aromatic rings. The van der Waals surface area contributed by atoms with Crippen molar-refractivity contribution >= 4 is 33.2 Å². The number of piperazine rings is 1. The number of halogens is 2. The average Bonchev–Trinajstić information content (AvgIpc) is 3.04.